The first-order valence-corrected chi connectivity index (χ1v) is 9.85. The highest BCUT2D eigenvalue weighted by Crippen LogP contribution is 2.25. The average molecular weight is 347 g/mol. The van der Waals surface area contributed by atoms with Gasteiger partial charge in [-0.1, -0.05) is 13.8 Å². The summed E-state index contributed by atoms with van der Waals surface area (Å²) < 4.78 is 32.2. The van der Waals surface area contributed by atoms with Crippen molar-refractivity contribution in [2.24, 2.45) is 5.92 Å². The van der Waals surface area contributed by atoms with E-state index < -0.39 is 10.0 Å². The summed E-state index contributed by atoms with van der Waals surface area (Å²) in [5, 5.41) is 0. The third kappa shape index (κ3) is 4.65. The number of rotatable bonds is 5. The zero-order chi connectivity index (χ0) is 17.2. The van der Waals surface area contributed by atoms with Crippen molar-refractivity contribution < 1.29 is 17.9 Å². The van der Waals surface area contributed by atoms with E-state index in [1.54, 1.807) is 14.1 Å². The molecule has 2 rings (SSSR count). The lowest BCUT2D eigenvalue weighted by Crippen LogP contribution is -2.50. The van der Waals surface area contributed by atoms with Crippen molar-refractivity contribution in [1.29, 1.82) is 0 Å². The SMILES string of the molecule is CC(C)CCN1C[C@@H]2OCCS(=O)(=O)N(CC(=O)N(C)C)[C@@H]2C1. The summed E-state index contributed by atoms with van der Waals surface area (Å²) in [6.45, 7) is 6.76. The van der Waals surface area contributed by atoms with Gasteiger partial charge in [0.05, 0.1) is 31.1 Å². The zero-order valence-corrected chi connectivity index (χ0v) is 15.4. The molecule has 8 heteroatoms. The number of ether oxygens (including phenoxy) is 1. The van der Waals surface area contributed by atoms with Gasteiger partial charge in [0.1, 0.15) is 0 Å². The van der Waals surface area contributed by atoms with Gasteiger partial charge in [-0.05, 0) is 18.9 Å². The van der Waals surface area contributed by atoms with Gasteiger partial charge >= 0.3 is 0 Å². The van der Waals surface area contributed by atoms with Crippen LogP contribution in [0.25, 0.3) is 0 Å². The summed E-state index contributed by atoms with van der Waals surface area (Å²) in [7, 11) is -0.177. The van der Waals surface area contributed by atoms with E-state index in [0.29, 0.717) is 12.5 Å². The van der Waals surface area contributed by atoms with Crippen molar-refractivity contribution in [3.8, 4) is 0 Å². The fourth-order valence-electron chi connectivity index (χ4n) is 3.02. The van der Waals surface area contributed by atoms with Crippen molar-refractivity contribution in [3.05, 3.63) is 0 Å². The average Bonchev–Trinajstić information content (AvgIpc) is 2.79. The Morgan fingerprint density at radius 1 is 1.30 bits per heavy atom. The maximum atomic E-state index is 12.5. The Balaban J connectivity index is 2.13. The largest absolute Gasteiger partial charge is 0.374 e. The second kappa shape index (κ2) is 7.46. The van der Waals surface area contributed by atoms with Crippen LogP contribution in [0.2, 0.25) is 0 Å². The predicted molar refractivity (Wildman–Crippen MR) is 88.6 cm³/mol. The van der Waals surface area contributed by atoms with Crippen LogP contribution >= 0.6 is 0 Å². The Morgan fingerprint density at radius 2 is 2.00 bits per heavy atom. The monoisotopic (exact) mass is 347 g/mol. The molecule has 0 N–H and O–H groups in total. The molecule has 0 saturated carbocycles. The smallest absolute Gasteiger partial charge is 0.237 e. The molecule has 0 aromatic carbocycles. The number of likely N-dealkylation sites (tertiary alicyclic amines) is 1. The fraction of sp³-hybridized carbons (Fsp3) is 0.933. The fourth-order valence-corrected chi connectivity index (χ4v) is 4.48. The minimum atomic E-state index is -3.46. The predicted octanol–water partition coefficient (Wildman–Crippen LogP) is -0.164. The summed E-state index contributed by atoms with van der Waals surface area (Å²) in [5.41, 5.74) is 0. The molecule has 2 aliphatic heterocycles. The molecule has 0 aromatic heterocycles. The first kappa shape index (κ1) is 18.6. The summed E-state index contributed by atoms with van der Waals surface area (Å²) in [6.07, 6.45) is 0.928. The van der Waals surface area contributed by atoms with Crippen LogP contribution in [0.3, 0.4) is 0 Å². The third-order valence-corrected chi connectivity index (χ3v) is 6.32. The molecular formula is C15H29N3O4S. The Morgan fingerprint density at radius 3 is 2.61 bits per heavy atom. The topological polar surface area (TPSA) is 70.2 Å². The molecule has 1 amide bonds. The van der Waals surface area contributed by atoms with Crippen LogP contribution in [0, 0.1) is 5.92 Å². The Bertz CT molecular complexity index is 521. The molecular weight excluding hydrogens is 318 g/mol. The number of fused-ring (bicyclic) bond motifs is 1. The van der Waals surface area contributed by atoms with Crippen LogP contribution in [0.1, 0.15) is 20.3 Å². The molecule has 0 radical (unpaired) electrons. The number of amides is 1. The van der Waals surface area contributed by atoms with E-state index in [9.17, 15) is 13.2 Å². The molecule has 2 saturated heterocycles. The molecule has 2 fully saturated rings. The minimum Gasteiger partial charge on any atom is -0.374 e. The summed E-state index contributed by atoms with van der Waals surface area (Å²) >= 11 is 0. The van der Waals surface area contributed by atoms with Crippen LogP contribution in [-0.2, 0) is 19.6 Å². The number of carbonyl (C=O) groups is 1. The number of hydrogen-bond donors (Lipinski definition) is 0. The molecule has 0 spiro atoms. The minimum absolute atomic E-state index is 0.0489. The standard InChI is InChI=1S/C15H29N3O4S/c1-12(2)5-6-17-9-13-14(10-17)22-7-8-23(20,21)18(13)11-15(19)16(3)4/h12-14H,5-11H2,1-4H3/t13-,14+/m1/s1. The van der Waals surface area contributed by atoms with Crippen molar-refractivity contribution in [2.75, 3.05) is 52.6 Å². The molecule has 0 bridgehead atoms. The first-order chi connectivity index (χ1) is 10.7. The molecule has 0 aliphatic carbocycles. The highest BCUT2D eigenvalue weighted by atomic mass is 32.2. The van der Waals surface area contributed by atoms with Crippen molar-refractivity contribution >= 4 is 15.9 Å². The molecule has 0 aromatic rings. The molecule has 23 heavy (non-hydrogen) atoms. The number of likely N-dealkylation sites (N-methyl/N-ethyl adjacent to an activating group) is 1. The van der Waals surface area contributed by atoms with Crippen LogP contribution in [0.4, 0.5) is 0 Å². The maximum Gasteiger partial charge on any atom is 0.237 e. The van der Waals surface area contributed by atoms with Gasteiger partial charge in [-0.3, -0.25) is 9.69 Å². The first-order valence-electron chi connectivity index (χ1n) is 8.24. The zero-order valence-electron chi connectivity index (χ0n) is 14.6. The second-order valence-electron chi connectivity index (χ2n) is 7.07. The molecule has 0 unspecified atom stereocenters. The van der Waals surface area contributed by atoms with Crippen LogP contribution in [0.5, 0.6) is 0 Å². The number of sulfonamides is 1. The van der Waals surface area contributed by atoms with Gasteiger partial charge in [0.25, 0.3) is 0 Å². The van der Waals surface area contributed by atoms with Gasteiger partial charge in [0.15, 0.2) is 0 Å². The molecule has 7 nitrogen and oxygen atoms in total. The summed E-state index contributed by atoms with van der Waals surface area (Å²) in [6, 6.07) is -0.265. The van der Waals surface area contributed by atoms with E-state index in [2.05, 4.69) is 18.7 Å². The normalized spacial score (nSPS) is 28.6. The van der Waals surface area contributed by atoms with Gasteiger partial charge in [0.2, 0.25) is 15.9 Å². The quantitative estimate of drug-likeness (QED) is 0.691. The van der Waals surface area contributed by atoms with E-state index in [0.717, 1.165) is 19.5 Å². The van der Waals surface area contributed by atoms with Gasteiger partial charge in [-0.15, -0.1) is 0 Å². The maximum absolute atomic E-state index is 12.5. The Hall–Kier alpha value is -0.700. The number of hydrogen-bond acceptors (Lipinski definition) is 5. The van der Waals surface area contributed by atoms with Gasteiger partial charge < -0.3 is 9.64 Å². The molecule has 2 aliphatic rings. The lowest BCUT2D eigenvalue weighted by atomic mass is 10.1. The van der Waals surface area contributed by atoms with E-state index in [-0.39, 0.29) is 37.0 Å². The van der Waals surface area contributed by atoms with Crippen LogP contribution in [-0.4, -0.2) is 93.2 Å². The highest BCUT2D eigenvalue weighted by Gasteiger charge is 2.45. The van der Waals surface area contributed by atoms with Crippen molar-refractivity contribution in [3.63, 3.8) is 0 Å². The Kier molecular flexibility index (Phi) is 6.05. The molecule has 134 valence electrons. The van der Waals surface area contributed by atoms with Gasteiger partial charge in [-0.25, -0.2) is 8.42 Å². The van der Waals surface area contributed by atoms with E-state index in [1.165, 1.54) is 9.21 Å². The lowest BCUT2D eigenvalue weighted by molar-refractivity contribution is -0.129. The molecule has 2 heterocycles. The summed E-state index contributed by atoms with van der Waals surface area (Å²) in [4.78, 5) is 15.7. The van der Waals surface area contributed by atoms with Gasteiger partial charge in [0, 0.05) is 27.2 Å². The molecule has 2 atom stereocenters. The van der Waals surface area contributed by atoms with Crippen molar-refractivity contribution in [1.82, 2.24) is 14.1 Å². The summed E-state index contributed by atoms with van der Waals surface area (Å²) in [5.74, 6) is 0.360. The lowest BCUT2D eigenvalue weighted by Gasteiger charge is -2.28. The van der Waals surface area contributed by atoms with Crippen LogP contribution in [0.15, 0.2) is 0 Å². The Labute approximate surface area is 139 Å². The number of carbonyl (C=O) groups excluding carboxylic acids is 1. The van der Waals surface area contributed by atoms with E-state index in [4.69, 9.17) is 4.74 Å². The van der Waals surface area contributed by atoms with Gasteiger partial charge in [-0.2, -0.15) is 4.31 Å². The number of nitrogens with zero attached hydrogens (tertiary/aromatic N) is 3. The van der Waals surface area contributed by atoms with Crippen LogP contribution < -0.4 is 0 Å². The second-order valence-corrected chi connectivity index (χ2v) is 9.11. The van der Waals surface area contributed by atoms with E-state index >= 15 is 0 Å². The van der Waals surface area contributed by atoms with E-state index in [1.807, 2.05) is 0 Å². The van der Waals surface area contributed by atoms with Crippen molar-refractivity contribution in [2.45, 2.75) is 32.4 Å². The third-order valence-electron chi connectivity index (χ3n) is 4.53. The highest BCUT2D eigenvalue weighted by molar-refractivity contribution is 7.89.